The Labute approximate surface area is 111 Å². The third-order valence-electron chi connectivity index (χ3n) is 3.40. The Balaban J connectivity index is 1.83. The van der Waals surface area contributed by atoms with E-state index in [0.29, 0.717) is 0 Å². The Morgan fingerprint density at radius 3 is 3.00 bits per heavy atom. The summed E-state index contributed by atoms with van der Waals surface area (Å²) in [6.45, 7) is 0.957. The maximum Gasteiger partial charge on any atom is 0.147 e. The van der Waals surface area contributed by atoms with Crippen LogP contribution in [-0.4, -0.2) is 23.8 Å². The fourth-order valence-corrected chi connectivity index (χ4v) is 3.24. The Kier molecular flexibility index (Phi) is 3.39. The molecule has 0 radical (unpaired) electrons. The largest absolute Gasteiger partial charge is 0.319 e. The van der Waals surface area contributed by atoms with Crippen molar-refractivity contribution in [1.29, 1.82) is 0 Å². The van der Waals surface area contributed by atoms with Crippen molar-refractivity contribution in [3.8, 4) is 10.6 Å². The molecule has 0 atom stereocenters. The zero-order valence-corrected chi connectivity index (χ0v) is 11.4. The molecule has 1 N–H and O–H groups in total. The first-order chi connectivity index (χ1) is 8.86. The van der Waals surface area contributed by atoms with E-state index >= 15 is 0 Å². The molecule has 3 rings (SSSR count). The molecule has 0 unspecified atom stereocenters. The van der Waals surface area contributed by atoms with Crippen molar-refractivity contribution >= 4 is 11.3 Å². The number of rotatable bonds is 4. The number of fused-ring (bicyclic) bond motifs is 1. The molecule has 18 heavy (non-hydrogen) atoms. The van der Waals surface area contributed by atoms with Crippen LogP contribution in [0.2, 0.25) is 0 Å². The Bertz CT molecular complexity index is 548. The molecule has 0 spiro atoms. The summed E-state index contributed by atoms with van der Waals surface area (Å²) in [5.74, 6) is 0. The standard InChI is InChI=1S/C14H17N3S/c1-15-8-7-13-16-17-14(18-13)12-6-5-10-3-2-4-11(10)9-12/h5-6,9,15H,2-4,7-8H2,1H3. The molecule has 3 nitrogen and oxygen atoms in total. The number of aryl methyl sites for hydroxylation is 2. The molecule has 1 aliphatic rings. The SMILES string of the molecule is CNCCc1nnc(-c2ccc3c(c2)CCC3)s1. The third kappa shape index (κ3) is 2.31. The molecule has 0 bridgehead atoms. The van der Waals surface area contributed by atoms with Crippen molar-refractivity contribution in [3.63, 3.8) is 0 Å². The van der Waals surface area contributed by atoms with Gasteiger partial charge < -0.3 is 5.32 Å². The van der Waals surface area contributed by atoms with Gasteiger partial charge in [0.15, 0.2) is 0 Å². The van der Waals surface area contributed by atoms with Crippen LogP contribution in [0.5, 0.6) is 0 Å². The highest BCUT2D eigenvalue weighted by molar-refractivity contribution is 7.14. The molecule has 0 fully saturated rings. The summed E-state index contributed by atoms with van der Waals surface area (Å²) in [7, 11) is 1.96. The number of benzene rings is 1. The average Bonchev–Trinajstić information content (AvgIpc) is 3.04. The van der Waals surface area contributed by atoms with Gasteiger partial charge in [0, 0.05) is 18.5 Å². The van der Waals surface area contributed by atoms with Gasteiger partial charge in [0.1, 0.15) is 10.0 Å². The minimum atomic E-state index is 0.957. The van der Waals surface area contributed by atoms with Gasteiger partial charge in [0.05, 0.1) is 0 Å². The number of nitrogens with one attached hydrogen (secondary N) is 1. The zero-order chi connectivity index (χ0) is 12.4. The van der Waals surface area contributed by atoms with Gasteiger partial charge in [-0.2, -0.15) is 0 Å². The van der Waals surface area contributed by atoms with Crippen LogP contribution >= 0.6 is 11.3 Å². The Morgan fingerprint density at radius 1 is 1.22 bits per heavy atom. The van der Waals surface area contributed by atoms with E-state index in [4.69, 9.17) is 0 Å². The molecule has 1 aromatic carbocycles. The fourth-order valence-electron chi connectivity index (χ4n) is 2.41. The Morgan fingerprint density at radius 2 is 2.11 bits per heavy atom. The maximum absolute atomic E-state index is 4.31. The van der Waals surface area contributed by atoms with Crippen LogP contribution in [0.15, 0.2) is 18.2 Å². The normalized spacial score (nSPS) is 13.8. The highest BCUT2D eigenvalue weighted by Crippen LogP contribution is 2.29. The van der Waals surface area contributed by atoms with E-state index in [1.165, 1.54) is 36.0 Å². The predicted octanol–water partition coefficient (Wildman–Crippen LogP) is 2.46. The highest BCUT2D eigenvalue weighted by atomic mass is 32.1. The molecule has 0 aliphatic heterocycles. The number of hydrogen-bond acceptors (Lipinski definition) is 4. The van der Waals surface area contributed by atoms with Gasteiger partial charge in [0.25, 0.3) is 0 Å². The van der Waals surface area contributed by atoms with Gasteiger partial charge in [-0.05, 0) is 43.5 Å². The van der Waals surface area contributed by atoms with Crippen LogP contribution in [-0.2, 0) is 19.3 Å². The van der Waals surface area contributed by atoms with Crippen LogP contribution in [0.4, 0.5) is 0 Å². The smallest absolute Gasteiger partial charge is 0.147 e. The first kappa shape index (κ1) is 11.8. The summed E-state index contributed by atoms with van der Waals surface area (Å²) < 4.78 is 0. The molecule has 4 heteroatoms. The summed E-state index contributed by atoms with van der Waals surface area (Å²) in [5, 5.41) is 13.9. The monoisotopic (exact) mass is 259 g/mol. The number of likely N-dealkylation sites (N-methyl/N-ethyl adjacent to an activating group) is 1. The molecule has 2 aromatic rings. The molecule has 94 valence electrons. The average molecular weight is 259 g/mol. The molecule has 1 aliphatic carbocycles. The molecule has 1 aromatic heterocycles. The van der Waals surface area contributed by atoms with E-state index in [2.05, 4.69) is 33.7 Å². The van der Waals surface area contributed by atoms with E-state index in [-0.39, 0.29) is 0 Å². The van der Waals surface area contributed by atoms with Crippen LogP contribution in [0.3, 0.4) is 0 Å². The van der Waals surface area contributed by atoms with Gasteiger partial charge in [-0.1, -0.05) is 23.5 Å². The summed E-state index contributed by atoms with van der Waals surface area (Å²) in [5.41, 5.74) is 4.24. The second kappa shape index (κ2) is 5.16. The lowest BCUT2D eigenvalue weighted by molar-refractivity contribution is 0.779. The van der Waals surface area contributed by atoms with E-state index in [0.717, 1.165) is 23.0 Å². The molecule has 0 saturated heterocycles. The minimum Gasteiger partial charge on any atom is -0.319 e. The molecule has 0 amide bonds. The van der Waals surface area contributed by atoms with E-state index in [9.17, 15) is 0 Å². The topological polar surface area (TPSA) is 37.8 Å². The molecule has 0 saturated carbocycles. The van der Waals surface area contributed by atoms with Gasteiger partial charge in [-0.15, -0.1) is 10.2 Å². The van der Waals surface area contributed by atoms with Crippen molar-refractivity contribution in [2.75, 3.05) is 13.6 Å². The van der Waals surface area contributed by atoms with E-state index in [1.807, 2.05) is 7.05 Å². The van der Waals surface area contributed by atoms with E-state index < -0.39 is 0 Å². The summed E-state index contributed by atoms with van der Waals surface area (Å²) in [4.78, 5) is 0. The molecular weight excluding hydrogens is 242 g/mol. The third-order valence-corrected chi connectivity index (χ3v) is 4.43. The van der Waals surface area contributed by atoms with Gasteiger partial charge >= 0.3 is 0 Å². The zero-order valence-electron chi connectivity index (χ0n) is 10.6. The van der Waals surface area contributed by atoms with Crippen molar-refractivity contribution in [2.24, 2.45) is 0 Å². The van der Waals surface area contributed by atoms with E-state index in [1.54, 1.807) is 11.3 Å². The van der Waals surface area contributed by atoms with Crippen molar-refractivity contribution in [3.05, 3.63) is 34.3 Å². The first-order valence-corrected chi connectivity index (χ1v) is 7.27. The van der Waals surface area contributed by atoms with Crippen molar-refractivity contribution in [2.45, 2.75) is 25.7 Å². The summed E-state index contributed by atoms with van der Waals surface area (Å²) >= 11 is 1.71. The lowest BCUT2D eigenvalue weighted by Gasteiger charge is -2.01. The lowest BCUT2D eigenvalue weighted by Crippen LogP contribution is -2.09. The predicted molar refractivity (Wildman–Crippen MR) is 75.0 cm³/mol. The first-order valence-electron chi connectivity index (χ1n) is 6.46. The van der Waals surface area contributed by atoms with Crippen LogP contribution in [0.25, 0.3) is 10.6 Å². The quantitative estimate of drug-likeness (QED) is 0.916. The number of aromatic nitrogens is 2. The lowest BCUT2D eigenvalue weighted by atomic mass is 10.1. The summed E-state index contributed by atoms with van der Waals surface area (Å²) in [6, 6.07) is 6.74. The second-order valence-corrected chi connectivity index (χ2v) is 5.75. The van der Waals surface area contributed by atoms with Crippen LogP contribution in [0, 0.1) is 0 Å². The second-order valence-electron chi connectivity index (χ2n) is 4.69. The van der Waals surface area contributed by atoms with Crippen molar-refractivity contribution in [1.82, 2.24) is 15.5 Å². The van der Waals surface area contributed by atoms with Crippen LogP contribution in [0.1, 0.15) is 22.6 Å². The van der Waals surface area contributed by atoms with Gasteiger partial charge in [-0.25, -0.2) is 0 Å². The minimum absolute atomic E-state index is 0.957. The number of nitrogens with zero attached hydrogens (tertiary/aromatic N) is 2. The fraction of sp³-hybridized carbons (Fsp3) is 0.429. The Hall–Kier alpha value is -1.26. The van der Waals surface area contributed by atoms with Crippen molar-refractivity contribution < 1.29 is 0 Å². The van der Waals surface area contributed by atoms with Gasteiger partial charge in [-0.3, -0.25) is 0 Å². The molecular formula is C14H17N3S. The molecule has 1 heterocycles. The van der Waals surface area contributed by atoms with Gasteiger partial charge in [0.2, 0.25) is 0 Å². The maximum atomic E-state index is 4.31. The number of hydrogen-bond donors (Lipinski definition) is 1. The summed E-state index contributed by atoms with van der Waals surface area (Å²) in [6.07, 6.45) is 4.70. The van der Waals surface area contributed by atoms with Crippen LogP contribution < -0.4 is 5.32 Å². The highest BCUT2D eigenvalue weighted by Gasteiger charge is 2.13.